The number of hydrogen-bond donors (Lipinski definition) is 1. The summed E-state index contributed by atoms with van der Waals surface area (Å²) in [4.78, 5) is 2.28. The van der Waals surface area contributed by atoms with E-state index in [1.165, 1.54) is 11.1 Å². The van der Waals surface area contributed by atoms with Crippen molar-refractivity contribution in [1.29, 1.82) is 0 Å². The molecule has 82 valence electrons. The molecule has 0 amide bonds. The quantitative estimate of drug-likeness (QED) is 0.626. The van der Waals surface area contributed by atoms with E-state index < -0.39 is 0 Å². The molecule has 2 rings (SSSR count). The van der Waals surface area contributed by atoms with Crippen molar-refractivity contribution in [2.75, 3.05) is 19.7 Å². The summed E-state index contributed by atoms with van der Waals surface area (Å²) >= 11 is 6.15. The molecule has 3 heteroatoms. The molecule has 0 spiro atoms. The average molecular weight is 226 g/mol. The van der Waals surface area contributed by atoms with Crippen LogP contribution >= 0.6 is 11.6 Å². The lowest BCUT2D eigenvalue weighted by atomic mass is 10.0. The largest absolute Gasteiger partial charge is 0.395 e. The van der Waals surface area contributed by atoms with Gasteiger partial charge in [0.15, 0.2) is 0 Å². The summed E-state index contributed by atoms with van der Waals surface area (Å²) in [7, 11) is 0. The highest BCUT2D eigenvalue weighted by molar-refractivity contribution is 6.21. The number of halogens is 1. The normalized spacial score (nSPS) is 19.9. The van der Waals surface area contributed by atoms with Gasteiger partial charge in [-0.15, -0.1) is 11.6 Å². The fourth-order valence-electron chi connectivity index (χ4n) is 1.85. The molecular formula is C12H16ClNO. The van der Waals surface area contributed by atoms with E-state index in [9.17, 15) is 0 Å². The van der Waals surface area contributed by atoms with Crippen molar-refractivity contribution >= 4 is 11.6 Å². The van der Waals surface area contributed by atoms with Crippen LogP contribution in [0.25, 0.3) is 0 Å². The molecule has 1 aromatic rings. The summed E-state index contributed by atoms with van der Waals surface area (Å²) in [6, 6.07) is 8.55. The molecule has 1 aliphatic heterocycles. The van der Waals surface area contributed by atoms with E-state index in [1.807, 2.05) is 0 Å². The van der Waals surface area contributed by atoms with Crippen molar-refractivity contribution in [3.05, 3.63) is 35.4 Å². The zero-order valence-electron chi connectivity index (χ0n) is 8.86. The van der Waals surface area contributed by atoms with Crippen LogP contribution in [-0.2, 0) is 0 Å². The van der Waals surface area contributed by atoms with Crippen LogP contribution in [0.3, 0.4) is 0 Å². The van der Waals surface area contributed by atoms with Gasteiger partial charge in [0.1, 0.15) is 0 Å². The second kappa shape index (κ2) is 4.52. The molecule has 0 unspecified atom stereocenters. The zero-order chi connectivity index (χ0) is 10.8. The Morgan fingerprint density at radius 3 is 2.40 bits per heavy atom. The van der Waals surface area contributed by atoms with Crippen LogP contribution in [0.15, 0.2) is 24.3 Å². The van der Waals surface area contributed by atoms with E-state index in [2.05, 4.69) is 36.1 Å². The standard InChI is InChI=1S/C12H16ClNO/c1-9-2-4-10(5-3-9)12(11(13)8-15)14-6-7-14/h2-5,11-12,15H,6-8H2,1H3/t11-,12+/m0/s1. The number of hydrogen-bond acceptors (Lipinski definition) is 2. The highest BCUT2D eigenvalue weighted by Gasteiger charge is 2.33. The molecule has 2 atom stereocenters. The number of aryl methyl sites for hydroxylation is 1. The summed E-state index contributed by atoms with van der Waals surface area (Å²) in [6.45, 7) is 4.26. The highest BCUT2D eigenvalue weighted by atomic mass is 35.5. The maximum atomic E-state index is 9.14. The molecule has 2 nitrogen and oxygen atoms in total. The van der Waals surface area contributed by atoms with Gasteiger partial charge in [-0.3, -0.25) is 4.90 Å². The van der Waals surface area contributed by atoms with Crippen molar-refractivity contribution in [2.24, 2.45) is 0 Å². The minimum absolute atomic E-state index is 0.0244. The van der Waals surface area contributed by atoms with Crippen LogP contribution in [0.2, 0.25) is 0 Å². The van der Waals surface area contributed by atoms with Gasteiger partial charge in [-0.2, -0.15) is 0 Å². The Balaban J connectivity index is 2.20. The maximum absolute atomic E-state index is 9.14. The molecule has 0 aliphatic carbocycles. The first-order valence-electron chi connectivity index (χ1n) is 5.28. The minimum atomic E-state index is -0.213. The van der Waals surface area contributed by atoms with Crippen molar-refractivity contribution in [1.82, 2.24) is 4.90 Å². The van der Waals surface area contributed by atoms with Crippen molar-refractivity contribution in [3.8, 4) is 0 Å². The Morgan fingerprint density at radius 2 is 1.93 bits per heavy atom. The van der Waals surface area contributed by atoms with Gasteiger partial charge >= 0.3 is 0 Å². The van der Waals surface area contributed by atoms with Crippen molar-refractivity contribution in [2.45, 2.75) is 18.3 Å². The van der Waals surface area contributed by atoms with Crippen molar-refractivity contribution < 1.29 is 5.11 Å². The monoisotopic (exact) mass is 225 g/mol. The van der Waals surface area contributed by atoms with E-state index >= 15 is 0 Å². The summed E-state index contributed by atoms with van der Waals surface area (Å²) in [5, 5.41) is 8.93. The smallest absolute Gasteiger partial charge is 0.0763 e. The van der Waals surface area contributed by atoms with Crippen molar-refractivity contribution in [3.63, 3.8) is 0 Å². The Labute approximate surface area is 95.5 Å². The number of benzene rings is 1. The Morgan fingerprint density at radius 1 is 1.33 bits per heavy atom. The lowest BCUT2D eigenvalue weighted by Gasteiger charge is -2.22. The molecule has 1 saturated heterocycles. The Kier molecular flexibility index (Phi) is 3.29. The lowest BCUT2D eigenvalue weighted by Crippen LogP contribution is -2.23. The molecule has 0 radical (unpaired) electrons. The molecular weight excluding hydrogens is 210 g/mol. The van der Waals surface area contributed by atoms with Gasteiger partial charge in [0, 0.05) is 13.1 Å². The third-order valence-corrected chi connectivity index (χ3v) is 3.19. The molecule has 0 saturated carbocycles. The topological polar surface area (TPSA) is 23.2 Å². The molecule has 1 heterocycles. The first-order valence-corrected chi connectivity index (χ1v) is 5.71. The summed E-state index contributed by atoms with van der Waals surface area (Å²) < 4.78 is 0. The predicted octanol–water partition coefficient (Wildman–Crippen LogP) is 1.95. The number of aliphatic hydroxyl groups excluding tert-OH is 1. The zero-order valence-corrected chi connectivity index (χ0v) is 9.61. The van der Waals surface area contributed by atoms with Crippen LogP contribution in [0.5, 0.6) is 0 Å². The van der Waals surface area contributed by atoms with Gasteiger partial charge in [-0.25, -0.2) is 0 Å². The molecule has 0 aromatic heterocycles. The molecule has 1 N–H and O–H groups in total. The first kappa shape index (κ1) is 10.9. The molecule has 1 aliphatic rings. The van der Waals surface area contributed by atoms with Gasteiger partial charge < -0.3 is 5.11 Å². The fraction of sp³-hybridized carbons (Fsp3) is 0.500. The van der Waals surface area contributed by atoms with E-state index in [1.54, 1.807) is 0 Å². The van der Waals surface area contributed by atoms with Gasteiger partial charge in [-0.1, -0.05) is 29.8 Å². The molecule has 0 bridgehead atoms. The summed E-state index contributed by atoms with van der Waals surface area (Å²) in [5.74, 6) is 0. The summed E-state index contributed by atoms with van der Waals surface area (Å²) in [6.07, 6.45) is 0. The number of alkyl halides is 1. The lowest BCUT2D eigenvalue weighted by molar-refractivity contribution is 0.249. The van der Waals surface area contributed by atoms with E-state index in [0.717, 1.165) is 13.1 Å². The molecule has 1 aromatic carbocycles. The maximum Gasteiger partial charge on any atom is 0.0763 e. The van der Waals surface area contributed by atoms with Gasteiger partial charge in [-0.05, 0) is 12.5 Å². The van der Waals surface area contributed by atoms with Gasteiger partial charge in [0.2, 0.25) is 0 Å². The number of nitrogens with zero attached hydrogens (tertiary/aromatic N) is 1. The Hall–Kier alpha value is -0.570. The molecule has 1 fully saturated rings. The third kappa shape index (κ3) is 2.51. The van der Waals surface area contributed by atoms with Crippen LogP contribution in [-0.4, -0.2) is 35.1 Å². The van der Waals surface area contributed by atoms with Gasteiger partial charge in [0.25, 0.3) is 0 Å². The number of rotatable bonds is 4. The van der Waals surface area contributed by atoms with Crippen LogP contribution in [0.4, 0.5) is 0 Å². The summed E-state index contributed by atoms with van der Waals surface area (Å²) in [5.41, 5.74) is 2.45. The first-order chi connectivity index (χ1) is 7.22. The third-order valence-electron chi connectivity index (χ3n) is 2.81. The van der Waals surface area contributed by atoms with E-state index in [0.29, 0.717) is 0 Å². The van der Waals surface area contributed by atoms with Crippen LogP contribution in [0, 0.1) is 6.92 Å². The Bertz CT molecular complexity index is 321. The second-order valence-corrected chi connectivity index (χ2v) is 4.65. The fourth-order valence-corrected chi connectivity index (χ4v) is 2.15. The predicted molar refractivity (Wildman–Crippen MR) is 62.2 cm³/mol. The number of aliphatic hydroxyl groups is 1. The highest BCUT2D eigenvalue weighted by Crippen LogP contribution is 2.32. The van der Waals surface area contributed by atoms with Gasteiger partial charge in [0.05, 0.1) is 18.0 Å². The van der Waals surface area contributed by atoms with E-state index in [-0.39, 0.29) is 18.0 Å². The molecule has 15 heavy (non-hydrogen) atoms. The minimum Gasteiger partial charge on any atom is -0.395 e. The average Bonchev–Trinajstić information content (AvgIpc) is 3.05. The van der Waals surface area contributed by atoms with Crippen LogP contribution in [0.1, 0.15) is 17.2 Å². The van der Waals surface area contributed by atoms with Crippen LogP contribution < -0.4 is 0 Å². The SMILES string of the molecule is Cc1ccc([C@H]([C@@H](Cl)CO)N2CC2)cc1. The second-order valence-electron chi connectivity index (χ2n) is 4.09. The van der Waals surface area contributed by atoms with E-state index in [4.69, 9.17) is 16.7 Å².